The Bertz CT molecular complexity index is 177. The van der Waals surface area contributed by atoms with Gasteiger partial charge in [0.15, 0.2) is 5.78 Å². The van der Waals surface area contributed by atoms with E-state index in [2.05, 4.69) is 20.8 Å². The van der Waals surface area contributed by atoms with Crippen LogP contribution in [0.5, 0.6) is 0 Å². The molecule has 0 amide bonds. The molecule has 0 saturated heterocycles. The van der Waals surface area contributed by atoms with E-state index < -0.39 is 5.54 Å². The highest BCUT2D eigenvalue weighted by Gasteiger charge is 2.26. The zero-order chi connectivity index (χ0) is 10.7. The quantitative estimate of drug-likeness (QED) is 0.731. The van der Waals surface area contributed by atoms with Crippen LogP contribution in [0.4, 0.5) is 0 Å². The second-order valence-electron chi connectivity index (χ2n) is 5.25. The summed E-state index contributed by atoms with van der Waals surface area (Å²) < 4.78 is 0. The summed E-state index contributed by atoms with van der Waals surface area (Å²) in [7, 11) is 0. The Morgan fingerprint density at radius 3 is 2.00 bits per heavy atom. The van der Waals surface area contributed by atoms with Gasteiger partial charge in [0.25, 0.3) is 0 Å². The molecule has 0 aromatic carbocycles. The molecule has 0 spiro atoms. The first-order chi connectivity index (χ1) is 5.69. The molecular weight excluding hydrogens is 162 g/mol. The topological polar surface area (TPSA) is 43.1 Å². The molecule has 0 aliphatic carbocycles. The van der Waals surface area contributed by atoms with Gasteiger partial charge >= 0.3 is 0 Å². The van der Waals surface area contributed by atoms with Crippen LogP contribution in [0.1, 0.15) is 53.9 Å². The van der Waals surface area contributed by atoms with Crippen molar-refractivity contribution < 1.29 is 4.79 Å². The summed E-state index contributed by atoms with van der Waals surface area (Å²) in [6.07, 6.45) is 2.24. The van der Waals surface area contributed by atoms with Gasteiger partial charge in [0.2, 0.25) is 0 Å². The van der Waals surface area contributed by atoms with E-state index in [0.717, 1.165) is 12.8 Å². The van der Waals surface area contributed by atoms with Gasteiger partial charge in [0.05, 0.1) is 5.54 Å². The van der Waals surface area contributed by atoms with Crippen LogP contribution in [0.15, 0.2) is 0 Å². The predicted octanol–water partition coefficient (Wildman–Crippen LogP) is 2.51. The standard InChI is InChI=1S/C11H23NO/c1-6-11(5,12)9(13)7-8-10(2,3)4/h6-8,12H2,1-5H3. The SMILES string of the molecule is CCC(C)(N)C(=O)CCC(C)(C)C. The molecule has 2 heteroatoms. The Labute approximate surface area is 81.9 Å². The van der Waals surface area contributed by atoms with Gasteiger partial charge in [-0.2, -0.15) is 0 Å². The first-order valence-electron chi connectivity index (χ1n) is 5.01. The van der Waals surface area contributed by atoms with E-state index in [-0.39, 0.29) is 11.2 Å². The molecule has 0 heterocycles. The van der Waals surface area contributed by atoms with Crippen molar-refractivity contribution in [1.82, 2.24) is 0 Å². The molecule has 0 rings (SSSR count). The van der Waals surface area contributed by atoms with Crippen LogP contribution >= 0.6 is 0 Å². The minimum absolute atomic E-state index is 0.185. The monoisotopic (exact) mass is 185 g/mol. The van der Waals surface area contributed by atoms with Gasteiger partial charge in [-0.1, -0.05) is 27.7 Å². The third-order valence-corrected chi connectivity index (χ3v) is 2.47. The van der Waals surface area contributed by atoms with E-state index in [4.69, 9.17) is 5.73 Å². The Kier molecular flexibility index (Phi) is 4.11. The highest BCUT2D eigenvalue weighted by atomic mass is 16.1. The molecule has 1 unspecified atom stereocenters. The van der Waals surface area contributed by atoms with Gasteiger partial charge in [-0.05, 0) is 25.2 Å². The van der Waals surface area contributed by atoms with Crippen LogP contribution in [-0.4, -0.2) is 11.3 Å². The third kappa shape index (κ3) is 5.04. The van der Waals surface area contributed by atoms with Crippen LogP contribution < -0.4 is 5.73 Å². The van der Waals surface area contributed by atoms with Crippen molar-refractivity contribution in [2.75, 3.05) is 0 Å². The lowest BCUT2D eigenvalue weighted by molar-refractivity contribution is -0.124. The average Bonchev–Trinajstić information content (AvgIpc) is 1.98. The van der Waals surface area contributed by atoms with Crippen LogP contribution in [0.3, 0.4) is 0 Å². The number of ketones is 1. The smallest absolute Gasteiger partial charge is 0.152 e. The molecule has 2 N–H and O–H groups in total. The van der Waals surface area contributed by atoms with E-state index in [1.807, 2.05) is 13.8 Å². The Balaban J connectivity index is 4.03. The van der Waals surface area contributed by atoms with Crippen molar-refractivity contribution in [2.45, 2.75) is 59.4 Å². The maximum atomic E-state index is 11.6. The second kappa shape index (κ2) is 4.23. The number of hydrogen-bond acceptors (Lipinski definition) is 2. The van der Waals surface area contributed by atoms with Crippen LogP contribution in [-0.2, 0) is 4.79 Å². The molecule has 13 heavy (non-hydrogen) atoms. The lowest BCUT2D eigenvalue weighted by Gasteiger charge is -2.24. The predicted molar refractivity (Wildman–Crippen MR) is 56.6 cm³/mol. The number of rotatable bonds is 4. The molecule has 0 radical (unpaired) electrons. The number of nitrogens with two attached hydrogens (primary N) is 1. The fraction of sp³-hybridized carbons (Fsp3) is 0.909. The first-order valence-corrected chi connectivity index (χ1v) is 5.01. The summed E-state index contributed by atoms with van der Waals surface area (Å²) >= 11 is 0. The maximum absolute atomic E-state index is 11.6. The number of carbonyl (C=O) groups excluding carboxylic acids is 1. The fourth-order valence-corrected chi connectivity index (χ4v) is 0.971. The minimum atomic E-state index is -0.620. The lowest BCUT2D eigenvalue weighted by Crippen LogP contribution is -2.44. The largest absolute Gasteiger partial charge is 0.319 e. The number of carbonyl (C=O) groups is 1. The van der Waals surface area contributed by atoms with Crippen LogP contribution in [0, 0.1) is 5.41 Å². The summed E-state index contributed by atoms with van der Waals surface area (Å²) in [5, 5.41) is 0. The minimum Gasteiger partial charge on any atom is -0.319 e. The van der Waals surface area contributed by atoms with Gasteiger partial charge < -0.3 is 5.73 Å². The number of hydrogen-bond donors (Lipinski definition) is 1. The fourth-order valence-electron chi connectivity index (χ4n) is 0.971. The third-order valence-electron chi connectivity index (χ3n) is 2.47. The Morgan fingerprint density at radius 1 is 1.23 bits per heavy atom. The van der Waals surface area contributed by atoms with Crippen molar-refractivity contribution in [3.05, 3.63) is 0 Å². The first kappa shape index (κ1) is 12.6. The van der Waals surface area contributed by atoms with Crippen molar-refractivity contribution in [3.8, 4) is 0 Å². The molecule has 2 nitrogen and oxygen atoms in total. The zero-order valence-corrected chi connectivity index (χ0v) is 9.61. The lowest BCUT2D eigenvalue weighted by atomic mass is 9.84. The Morgan fingerprint density at radius 2 is 1.69 bits per heavy atom. The van der Waals surface area contributed by atoms with E-state index in [9.17, 15) is 4.79 Å². The second-order valence-corrected chi connectivity index (χ2v) is 5.25. The molecule has 0 aromatic heterocycles. The highest BCUT2D eigenvalue weighted by molar-refractivity contribution is 5.87. The highest BCUT2D eigenvalue weighted by Crippen LogP contribution is 2.22. The molecule has 0 aliphatic heterocycles. The normalized spacial score (nSPS) is 16.8. The number of Topliss-reactive ketones (excluding diaryl/α,β-unsaturated/α-hetero) is 1. The summed E-state index contributed by atoms with van der Waals surface area (Å²) in [6.45, 7) is 10.2. The van der Waals surface area contributed by atoms with E-state index in [1.54, 1.807) is 0 Å². The molecule has 0 saturated carbocycles. The van der Waals surface area contributed by atoms with Crippen molar-refractivity contribution in [1.29, 1.82) is 0 Å². The van der Waals surface area contributed by atoms with Gasteiger partial charge in [-0.25, -0.2) is 0 Å². The van der Waals surface area contributed by atoms with Gasteiger partial charge in [-0.15, -0.1) is 0 Å². The van der Waals surface area contributed by atoms with Gasteiger partial charge in [-0.3, -0.25) is 4.79 Å². The maximum Gasteiger partial charge on any atom is 0.152 e. The van der Waals surface area contributed by atoms with Crippen molar-refractivity contribution >= 4 is 5.78 Å². The molecule has 1 atom stereocenters. The average molecular weight is 185 g/mol. The van der Waals surface area contributed by atoms with Crippen LogP contribution in [0.25, 0.3) is 0 Å². The summed E-state index contributed by atoms with van der Waals surface area (Å²) in [6, 6.07) is 0. The van der Waals surface area contributed by atoms with Crippen LogP contribution in [0.2, 0.25) is 0 Å². The molecule has 0 bridgehead atoms. The zero-order valence-electron chi connectivity index (χ0n) is 9.61. The summed E-state index contributed by atoms with van der Waals surface area (Å²) in [5.74, 6) is 0.185. The summed E-state index contributed by atoms with van der Waals surface area (Å²) in [5.41, 5.74) is 5.44. The molecular formula is C11H23NO. The molecule has 0 fully saturated rings. The molecule has 0 aliphatic rings. The van der Waals surface area contributed by atoms with E-state index in [1.165, 1.54) is 0 Å². The molecule has 0 aromatic rings. The van der Waals surface area contributed by atoms with Crippen molar-refractivity contribution in [3.63, 3.8) is 0 Å². The van der Waals surface area contributed by atoms with Gasteiger partial charge in [0, 0.05) is 6.42 Å². The van der Waals surface area contributed by atoms with Gasteiger partial charge in [0.1, 0.15) is 0 Å². The van der Waals surface area contributed by atoms with Crippen molar-refractivity contribution in [2.24, 2.45) is 11.1 Å². The van der Waals surface area contributed by atoms with E-state index >= 15 is 0 Å². The van der Waals surface area contributed by atoms with E-state index in [0.29, 0.717) is 6.42 Å². The molecule has 78 valence electrons. The summed E-state index contributed by atoms with van der Waals surface area (Å²) in [4.78, 5) is 11.6. The Hall–Kier alpha value is -0.370.